The zero-order valence-corrected chi connectivity index (χ0v) is 27.6. The van der Waals surface area contributed by atoms with Crippen LogP contribution in [0.5, 0.6) is 23.0 Å². The van der Waals surface area contributed by atoms with E-state index >= 15 is 0 Å². The summed E-state index contributed by atoms with van der Waals surface area (Å²) >= 11 is 2.23. The number of amides is 1. The molecule has 4 aromatic rings. The van der Waals surface area contributed by atoms with Gasteiger partial charge in [0.25, 0.3) is 0 Å². The quantitative estimate of drug-likeness (QED) is 0.159. The third-order valence-electron chi connectivity index (χ3n) is 7.78. The molecule has 0 saturated heterocycles. The molecule has 0 aromatic heterocycles. The van der Waals surface area contributed by atoms with Gasteiger partial charge in [-0.3, -0.25) is 9.69 Å². The lowest BCUT2D eigenvalue weighted by atomic mass is 9.77. The van der Waals surface area contributed by atoms with Crippen LogP contribution in [0, 0.1) is 3.57 Å². The summed E-state index contributed by atoms with van der Waals surface area (Å²) in [4.78, 5) is 30.2. The largest absolute Gasteiger partial charge is 0.497 e. The number of hydrogen-bond donors (Lipinski definition) is 0. The average Bonchev–Trinajstić information content (AvgIpc) is 3.08. The molecule has 0 radical (unpaired) electrons. The van der Waals surface area contributed by atoms with Gasteiger partial charge in [0, 0.05) is 17.8 Å². The van der Waals surface area contributed by atoms with Crippen LogP contribution in [0.25, 0.3) is 5.57 Å². The molecule has 232 valence electrons. The number of nitrogens with zero attached hydrogens (tertiary/aromatic N) is 1. The first kappa shape index (κ1) is 31.9. The number of carbonyl (C=O) groups excluding carboxylic acids is 2. The number of rotatable bonds is 10. The monoisotopic (exact) mass is 719 g/mol. The van der Waals surface area contributed by atoms with Gasteiger partial charge in [0.1, 0.15) is 29.6 Å². The van der Waals surface area contributed by atoms with Crippen molar-refractivity contribution in [3.8, 4) is 23.0 Å². The predicted molar refractivity (Wildman–Crippen MR) is 180 cm³/mol. The maximum absolute atomic E-state index is 14.6. The fraction of sp³-hybridized carbons (Fsp3) is 0.222. The van der Waals surface area contributed by atoms with Gasteiger partial charge >= 0.3 is 6.09 Å². The van der Waals surface area contributed by atoms with Crippen LogP contribution in [0.2, 0.25) is 0 Å². The van der Waals surface area contributed by atoms with Gasteiger partial charge in [-0.15, -0.1) is 0 Å². The number of halogens is 1. The Morgan fingerprint density at radius 2 is 1.47 bits per heavy atom. The number of benzene rings is 4. The predicted octanol–water partition coefficient (Wildman–Crippen LogP) is 7.28. The van der Waals surface area contributed by atoms with E-state index in [1.54, 1.807) is 45.6 Å². The van der Waals surface area contributed by atoms with Crippen LogP contribution >= 0.6 is 22.6 Å². The molecule has 0 N–H and O–H groups in total. The van der Waals surface area contributed by atoms with Crippen molar-refractivity contribution >= 4 is 40.0 Å². The smallest absolute Gasteiger partial charge is 0.414 e. The molecule has 0 fully saturated rings. The van der Waals surface area contributed by atoms with Crippen molar-refractivity contribution < 1.29 is 33.3 Å². The molecular formula is C36H34INO7. The first-order valence-electron chi connectivity index (χ1n) is 14.3. The van der Waals surface area contributed by atoms with E-state index in [0.717, 1.165) is 14.7 Å². The lowest BCUT2D eigenvalue weighted by Gasteiger charge is -2.39. The minimum atomic E-state index is -0.761. The van der Waals surface area contributed by atoms with Gasteiger partial charge < -0.3 is 23.7 Å². The zero-order valence-electron chi connectivity index (χ0n) is 25.5. The first-order chi connectivity index (χ1) is 21.9. The number of Topliss-reactive ketones (excluding diaryl/α,β-unsaturated/α-hetero) is 1. The maximum atomic E-state index is 14.6. The molecule has 2 atom stereocenters. The van der Waals surface area contributed by atoms with E-state index in [1.165, 1.54) is 0 Å². The number of methoxy groups -OCH3 is 4. The van der Waals surface area contributed by atoms with Crippen molar-refractivity contribution in [1.29, 1.82) is 0 Å². The molecule has 1 aliphatic heterocycles. The van der Waals surface area contributed by atoms with E-state index in [-0.39, 0.29) is 12.4 Å². The Labute approximate surface area is 276 Å². The third kappa shape index (κ3) is 7.09. The van der Waals surface area contributed by atoms with Crippen LogP contribution in [0.4, 0.5) is 4.79 Å². The van der Waals surface area contributed by atoms with Gasteiger partial charge in [-0.05, 0) is 81.6 Å². The topological polar surface area (TPSA) is 83.5 Å². The Kier molecular flexibility index (Phi) is 10.3. The Bertz CT molecular complexity index is 1710. The van der Waals surface area contributed by atoms with Crippen molar-refractivity contribution in [1.82, 2.24) is 4.90 Å². The number of ether oxygens (including phenoxy) is 5. The first-order valence-corrected chi connectivity index (χ1v) is 15.4. The molecule has 0 bridgehead atoms. The molecule has 0 spiro atoms. The summed E-state index contributed by atoms with van der Waals surface area (Å²) in [5.41, 5.74) is 3.42. The molecule has 0 unspecified atom stereocenters. The van der Waals surface area contributed by atoms with Crippen LogP contribution in [-0.2, 0) is 22.6 Å². The van der Waals surface area contributed by atoms with Crippen molar-refractivity contribution in [2.45, 2.75) is 25.0 Å². The van der Waals surface area contributed by atoms with Gasteiger partial charge in [-0.25, -0.2) is 4.79 Å². The van der Waals surface area contributed by atoms with Crippen molar-refractivity contribution in [3.05, 3.63) is 123 Å². The van der Waals surface area contributed by atoms with E-state index in [4.69, 9.17) is 23.7 Å². The van der Waals surface area contributed by atoms with Crippen molar-refractivity contribution in [2.24, 2.45) is 0 Å². The highest BCUT2D eigenvalue weighted by molar-refractivity contribution is 14.1. The number of allylic oxidation sites excluding steroid dienone is 1. The summed E-state index contributed by atoms with van der Waals surface area (Å²) in [7, 11) is 6.34. The molecule has 4 aromatic carbocycles. The number of ketones is 1. The molecule has 5 rings (SSSR count). The Morgan fingerprint density at radius 3 is 2.16 bits per heavy atom. The third-order valence-corrected chi connectivity index (χ3v) is 9.00. The fourth-order valence-electron chi connectivity index (χ4n) is 5.48. The summed E-state index contributed by atoms with van der Waals surface area (Å²) < 4.78 is 28.9. The average molecular weight is 720 g/mol. The Morgan fingerprint density at radius 1 is 0.778 bits per heavy atom. The van der Waals surface area contributed by atoms with E-state index in [0.29, 0.717) is 46.1 Å². The minimum Gasteiger partial charge on any atom is -0.497 e. The van der Waals surface area contributed by atoms with Gasteiger partial charge in [0.15, 0.2) is 5.78 Å². The number of carbonyl (C=O) groups is 2. The van der Waals surface area contributed by atoms with Gasteiger partial charge in [-0.2, -0.15) is 0 Å². The van der Waals surface area contributed by atoms with Gasteiger partial charge in [0.05, 0.1) is 44.0 Å². The van der Waals surface area contributed by atoms with E-state index in [2.05, 4.69) is 22.6 Å². The van der Waals surface area contributed by atoms with Crippen LogP contribution in [0.1, 0.15) is 28.2 Å². The molecule has 0 saturated carbocycles. The second kappa shape index (κ2) is 14.5. The fourth-order valence-corrected chi connectivity index (χ4v) is 6.23. The zero-order chi connectivity index (χ0) is 31.9. The van der Waals surface area contributed by atoms with Crippen molar-refractivity contribution in [3.63, 3.8) is 0 Å². The molecule has 0 aliphatic carbocycles. The summed E-state index contributed by atoms with van der Waals surface area (Å²) in [6.07, 6.45) is 1.34. The maximum Gasteiger partial charge on any atom is 0.414 e. The van der Waals surface area contributed by atoms with Crippen LogP contribution in [0.3, 0.4) is 0 Å². The lowest BCUT2D eigenvalue weighted by Crippen LogP contribution is -2.48. The van der Waals surface area contributed by atoms with Crippen LogP contribution in [0.15, 0.2) is 97.2 Å². The minimum absolute atomic E-state index is 0.0769. The highest BCUT2D eigenvalue weighted by Crippen LogP contribution is 2.41. The summed E-state index contributed by atoms with van der Waals surface area (Å²) in [6.45, 7) is 0.0769. The van der Waals surface area contributed by atoms with E-state index in [1.807, 2.05) is 84.9 Å². The normalized spacial score (nSPS) is 16.1. The summed E-state index contributed by atoms with van der Waals surface area (Å²) in [5.74, 6) is 1.54. The van der Waals surface area contributed by atoms with E-state index < -0.39 is 18.1 Å². The number of hydrogen-bond acceptors (Lipinski definition) is 7. The SMILES string of the molecule is COc1cccc(C2=CN(C(=O)OCc3ccccc3)[C@@H](Cc3cc(OC)cc(OC)c3I)[C@H](c3cccc(OC)c3)C2=O)c1. The molecule has 1 aliphatic rings. The highest BCUT2D eigenvalue weighted by Gasteiger charge is 2.43. The molecule has 8 nitrogen and oxygen atoms in total. The molecular weight excluding hydrogens is 685 g/mol. The molecule has 1 amide bonds. The van der Waals surface area contributed by atoms with Crippen LogP contribution in [-0.4, -0.2) is 51.3 Å². The Hall–Kier alpha value is -4.51. The summed E-state index contributed by atoms with van der Waals surface area (Å²) in [6, 6.07) is 27.2. The van der Waals surface area contributed by atoms with Crippen LogP contribution < -0.4 is 18.9 Å². The van der Waals surface area contributed by atoms with Crippen molar-refractivity contribution in [2.75, 3.05) is 28.4 Å². The molecule has 1 heterocycles. The second-order valence-corrected chi connectivity index (χ2v) is 11.5. The summed E-state index contributed by atoms with van der Waals surface area (Å²) in [5, 5.41) is 0. The van der Waals surface area contributed by atoms with Gasteiger partial charge in [-0.1, -0.05) is 54.6 Å². The lowest BCUT2D eigenvalue weighted by molar-refractivity contribution is -0.116. The highest BCUT2D eigenvalue weighted by atomic mass is 127. The molecule has 45 heavy (non-hydrogen) atoms. The molecule has 9 heteroatoms. The second-order valence-electron chi connectivity index (χ2n) is 10.4. The standard InChI is InChI=1S/C36H34INO7/c1-41-27-14-8-12-24(16-27)30-21-38(36(40)45-22-23-10-6-5-7-11-23)31(19-26-18-29(43-3)20-32(44-4)34(26)37)33(35(30)39)25-13-9-15-28(17-25)42-2/h5-18,20-21,31,33H,19,22H2,1-4H3/t31-,33-/m0/s1. The Balaban J connectivity index is 1.67. The van der Waals surface area contributed by atoms with E-state index in [9.17, 15) is 9.59 Å². The van der Waals surface area contributed by atoms with Gasteiger partial charge in [0.2, 0.25) is 0 Å².